The number of ether oxygens (including phenoxy) is 2. The van der Waals surface area contributed by atoms with E-state index in [2.05, 4.69) is 15.0 Å². The first-order valence-electron chi connectivity index (χ1n) is 8.86. The number of aryl methyl sites for hydroxylation is 1. The molecule has 0 aromatic carbocycles. The number of nitrogens with zero attached hydrogens (tertiary/aromatic N) is 4. The maximum atomic E-state index is 12.1. The average molecular weight is 356 g/mol. The molecule has 0 aliphatic carbocycles. The number of piperidine rings is 1. The molecule has 1 aliphatic heterocycles. The van der Waals surface area contributed by atoms with Gasteiger partial charge in [0.25, 0.3) is 0 Å². The van der Waals surface area contributed by atoms with Crippen LogP contribution >= 0.6 is 0 Å². The first-order valence-corrected chi connectivity index (χ1v) is 8.86. The number of hydrogen-bond acceptors (Lipinski definition) is 6. The number of hydrogen-bond donors (Lipinski definition) is 0. The van der Waals surface area contributed by atoms with Gasteiger partial charge in [0.05, 0.1) is 18.7 Å². The molecule has 1 saturated heterocycles. The van der Waals surface area contributed by atoms with Crippen molar-refractivity contribution in [3.05, 3.63) is 42.1 Å². The molecule has 0 saturated carbocycles. The van der Waals surface area contributed by atoms with Crippen LogP contribution in [0.15, 0.2) is 30.7 Å². The molecule has 0 bridgehead atoms. The van der Waals surface area contributed by atoms with E-state index < -0.39 is 0 Å². The molecule has 3 heterocycles. The van der Waals surface area contributed by atoms with Gasteiger partial charge in [-0.05, 0) is 31.9 Å². The van der Waals surface area contributed by atoms with Crippen LogP contribution in [0.5, 0.6) is 11.6 Å². The van der Waals surface area contributed by atoms with Crippen molar-refractivity contribution in [2.45, 2.75) is 32.1 Å². The number of rotatable bonds is 6. The fourth-order valence-electron chi connectivity index (χ4n) is 3.13. The Morgan fingerprint density at radius 1 is 1.19 bits per heavy atom. The lowest BCUT2D eigenvalue weighted by Gasteiger charge is -2.32. The zero-order valence-electron chi connectivity index (χ0n) is 15.2. The van der Waals surface area contributed by atoms with Crippen molar-refractivity contribution in [1.82, 2.24) is 19.9 Å². The van der Waals surface area contributed by atoms with Crippen molar-refractivity contribution < 1.29 is 14.3 Å². The van der Waals surface area contributed by atoms with E-state index in [9.17, 15) is 4.79 Å². The summed E-state index contributed by atoms with van der Waals surface area (Å²) in [4.78, 5) is 27.2. The van der Waals surface area contributed by atoms with Crippen LogP contribution in [0.1, 0.15) is 36.6 Å². The summed E-state index contributed by atoms with van der Waals surface area (Å²) in [5.74, 6) is 1.57. The van der Waals surface area contributed by atoms with Crippen LogP contribution in [0.3, 0.4) is 0 Å². The summed E-state index contributed by atoms with van der Waals surface area (Å²) in [5.41, 5.74) is 1.66. The number of aromatic nitrogens is 3. The number of carbonyl (C=O) groups excluding carboxylic acids is 1. The topological polar surface area (TPSA) is 77.4 Å². The minimum Gasteiger partial charge on any atom is -0.435 e. The standard InChI is InChI=1S/C19H24N4O3/c1-14-16(4-3-8-20-14)26-19-18(21-9-10-22-19)15-5-11-23(12-6-15)17(24)7-13-25-2/h3-4,8-10,15H,5-7,11-13H2,1-2H3. The minimum absolute atomic E-state index is 0.145. The zero-order valence-corrected chi connectivity index (χ0v) is 15.2. The summed E-state index contributed by atoms with van der Waals surface area (Å²) >= 11 is 0. The Morgan fingerprint density at radius 3 is 2.69 bits per heavy atom. The molecule has 0 atom stereocenters. The van der Waals surface area contributed by atoms with Gasteiger partial charge in [0.1, 0.15) is 5.69 Å². The van der Waals surface area contributed by atoms with E-state index in [-0.39, 0.29) is 11.8 Å². The quantitative estimate of drug-likeness (QED) is 0.792. The molecule has 0 N–H and O–H groups in total. The molecule has 1 fully saturated rings. The first kappa shape index (κ1) is 18.3. The molecule has 0 radical (unpaired) electrons. The number of methoxy groups -OCH3 is 1. The van der Waals surface area contributed by atoms with Crippen molar-refractivity contribution in [3.63, 3.8) is 0 Å². The monoisotopic (exact) mass is 356 g/mol. The van der Waals surface area contributed by atoms with E-state index in [1.165, 1.54) is 0 Å². The Kier molecular flexibility index (Phi) is 6.12. The summed E-state index contributed by atoms with van der Waals surface area (Å²) in [6.45, 7) is 3.80. The Labute approximate surface area is 153 Å². The Hall–Kier alpha value is -2.54. The van der Waals surface area contributed by atoms with E-state index in [1.807, 2.05) is 24.0 Å². The summed E-state index contributed by atoms with van der Waals surface area (Å²) in [6, 6.07) is 3.71. The van der Waals surface area contributed by atoms with Gasteiger partial charge in [0.2, 0.25) is 11.8 Å². The van der Waals surface area contributed by atoms with Crippen LogP contribution in [-0.2, 0) is 9.53 Å². The molecule has 1 aliphatic rings. The van der Waals surface area contributed by atoms with E-state index in [0.717, 1.165) is 37.3 Å². The molecule has 26 heavy (non-hydrogen) atoms. The summed E-state index contributed by atoms with van der Waals surface area (Å²) < 4.78 is 11.0. The first-order chi connectivity index (χ1) is 12.7. The average Bonchev–Trinajstić information content (AvgIpc) is 2.68. The third-order valence-corrected chi connectivity index (χ3v) is 4.61. The Bertz CT molecular complexity index is 745. The molecule has 2 aromatic heterocycles. The number of pyridine rings is 1. The van der Waals surface area contributed by atoms with Crippen molar-refractivity contribution in [1.29, 1.82) is 0 Å². The normalized spacial score (nSPS) is 15.1. The predicted octanol–water partition coefficient (Wildman–Crippen LogP) is 2.71. The smallest absolute Gasteiger partial charge is 0.241 e. The highest BCUT2D eigenvalue weighted by Crippen LogP contribution is 2.34. The number of amides is 1. The molecule has 7 nitrogen and oxygen atoms in total. The van der Waals surface area contributed by atoms with Crippen LogP contribution in [0, 0.1) is 6.92 Å². The van der Waals surface area contributed by atoms with E-state index >= 15 is 0 Å². The highest BCUT2D eigenvalue weighted by molar-refractivity contribution is 5.76. The maximum absolute atomic E-state index is 12.1. The van der Waals surface area contributed by atoms with Gasteiger partial charge >= 0.3 is 0 Å². The van der Waals surface area contributed by atoms with Crippen LogP contribution in [0.25, 0.3) is 0 Å². The number of likely N-dealkylation sites (tertiary alicyclic amines) is 1. The fraction of sp³-hybridized carbons (Fsp3) is 0.474. The van der Waals surface area contributed by atoms with Crippen LogP contribution < -0.4 is 4.74 Å². The molecule has 0 unspecified atom stereocenters. The number of carbonyl (C=O) groups is 1. The van der Waals surface area contributed by atoms with Crippen LogP contribution in [0.2, 0.25) is 0 Å². The van der Waals surface area contributed by atoms with E-state index in [4.69, 9.17) is 9.47 Å². The lowest BCUT2D eigenvalue weighted by atomic mass is 9.93. The van der Waals surface area contributed by atoms with Crippen molar-refractivity contribution in [2.75, 3.05) is 26.8 Å². The highest BCUT2D eigenvalue weighted by atomic mass is 16.5. The van der Waals surface area contributed by atoms with Crippen LogP contribution in [0.4, 0.5) is 0 Å². The second-order valence-corrected chi connectivity index (χ2v) is 6.33. The summed E-state index contributed by atoms with van der Waals surface area (Å²) in [6.07, 6.45) is 7.18. The van der Waals surface area contributed by atoms with Crippen molar-refractivity contribution in [3.8, 4) is 11.6 Å². The van der Waals surface area contributed by atoms with Gasteiger partial charge in [-0.3, -0.25) is 14.8 Å². The second kappa shape index (κ2) is 8.71. The lowest BCUT2D eigenvalue weighted by molar-refractivity contribution is -0.133. The van der Waals surface area contributed by atoms with Crippen molar-refractivity contribution in [2.24, 2.45) is 0 Å². The molecular weight excluding hydrogens is 332 g/mol. The fourth-order valence-corrected chi connectivity index (χ4v) is 3.13. The van der Waals surface area contributed by atoms with Gasteiger partial charge in [-0.25, -0.2) is 4.98 Å². The third kappa shape index (κ3) is 4.35. The summed E-state index contributed by atoms with van der Waals surface area (Å²) in [7, 11) is 1.61. The molecule has 7 heteroatoms. The molecule has 0 spiro atoms. The molecule has 2 aromatic rings. The Morgan fingerprint density at radius 2 is 1.96 bits per heavy atom. The van der Waals surface area contributed by atoms with Gasteiger partial charge in [0.15, 0.2) is 5.75 Å². The summed E-state index contributed by atoms with van der Waals surface area (Å²) in [5, 5.41) is 0. The minimum atomic E-state index is 0.145. The van der Waals surface area contributed by atoms with Gasteiger partial charge in [-0.2, -0.15) is 0 Å². The molecular formula is C19H24N4O3. The maximum Gasteiger partial charge on any atom is 0.241 e. The molecule has 138 valence electrons. The van der Waals surface area contributed by atoms with Gasteiger partial charge in [-0.1, -0.05) is 0 Å². The highest BCUT2D eigenvalue weighted by Gasteiger charge is 2.27. The van der Waals surface area contributed by atoms with Gasteiger partial charge in [0, 0.05) is 44.7 Å². The second-order valence-electron chi connectivity index (χ2n) is 6.33. The third-order valence-electron chi connectivity index (χ3n) is 4.61. The van der Waals surface area contributed by atoms with E-state index in [1.54, 1.807) is 25.7 Å². The van der Waals surface area contributed by atoms with Gasteiger partial charge < -0.3 is 14.4 Å². The largest absolute Gasteiger partial charge is 0.435 e. The van der Waals surface area contributed by atoms with Crippen LogP contribution in [-0.4, -0.2) is 52.6 Å². The molecule has 3 rings (SSSR count). The van der Waals surface area contributed by atoms with E-state index in [0.29, 0.717) is 24.7 Å². The SMILES string of the molecule is COCCC(=O)N1CCC(c2nccnc2Oc2cccnc2C)CC1. The lowest BCUT2D eigenvalue weighted by Crippen LogP contribution is -2.38. The zero-order chi connectivity index (χ0) is 18.4. The van der Waals surface area contributed by atoms with Gasteiger partial charge in [-0.15, -0.1) is 0 Å². The molecule has 1 amide bonds. The Balaban J connectivity index is 1.68. The van der Waals surface area contributed by atoms with Crippen molar-refractivity contribution >= 4 is 5.91 Å². The predicted molar refractivity (Wildman–Crippen MR) is 96.1 cm³/mol.